The molecule has 0 aliphatic heterocycles. The quantitative estimate of drug-likeness (QED) is 0.629. The van der Waals surface area contributed by atoms with Gasteiger partial charge < -0.3 is 9.47 Å². The number of hydrogen-bond acceptors (Lipinski definition) is 5. The summed E-state index contributed by atoms with van der Waals surface area (Å²) in [5.41, 5.74) is 1.66. The Bertz CT molecular complexity index is 975. The number of ether oxygens (including phenoxy) is 2. The number of aryl methyl sites for hydroxylation is 1. The standard InChI is InChI=1S/C21H25ClO5S/c1-6-14-7-9-16(28(5,24)25)12-17(14)18-11-15(22)8-10-19(18)26-13-20(23)27-21(2,3)4/h7-12H,6,13H2,1-5H3. The van der Waals surface area contributed by atoms with E-state index in [9.17, 15) is 13.2 Å². The van der Waals surface area contributed by atoms with E-state index in [1.165, 1.54) is 0 Å². The summed E-state index contributed by atoms with van der Waals surface area (Å²) in [5, 5.41) is 0.478. The number of esters is 1. The van der Waals surface area contributed by atoms with Crippen LogP contribution >= 0.6 is 11.6 Å². The highest BCUT2D eigenvalue weighted by Crippen LogP contribution is 2.36. The number of benzene rings is 2. The number of rotatable bonds is 6. The van der Waals surface area contributed by atoms with Crippen LogP contribution in [0, 0.1) is 0 Å². The van der Waals surface area contributed by atoms with Gasteiger partial charge in [-0.1, -0.05) is 24.6 Å². The van der Waals surface area contributed by atoms with E-state index in [1.54, 1.807) is 57.2 Å². The highest BCUT2D eigenvalue weighted by atomic mass is 35.5. The number of halogens is 1. The lowest BCUT2D eigenvalue weighted by Crippen LogP contribution is -2.27. The molecule has 28 heavy (non-hydrogen) atoms. The van der Waals surface area contributed by atoms with E-state index in [1.807, 2.05) is 6.92 Å². The number of carbonyl (C=O) groups is 1. The first-order valence-electron chi connectivity index (χ1n) is 8.88. The lowest BCUT2D eigenvalue weighted by Gasteiger charge is -2.20. The van der Waals surface area contributed by atoms with Crippen LogP contribution in [0.15, 0.2) is 41.3 Å². The van der Waals surface area contributed by atoms with Crippen molar-refractivity contribution in [2.24, 2.45) is 0 Å². The van der Waals surface area contributed by atoms with Gasteiger partial charge in [0, 0.05) is 16.8 Å². The third-order valence-corrected chi connectivity index (χ3v) is 5.23. The third kappa shape index (κ3) is 5.97. The van der Waals surface area contributed by atoms with Gasteiger partial charge in [-0.05, 0) is 68.7 Å². The van der Waals surface area contributed by atoms with E-state index in [0.29, 0.717) is 28.3 Å². The van der Waals surface area contributed by atoms with Crippen LogP contribution < -0.4 is 4.74 Å². The molecule has 2 aromatic rings. The average molecular weight is 425 g/mol. The second-order valence-electron chi connectivity index (χ2n) is 7.46. The SMILES string of the molecule is CCc1ccc(S(C)(=O)=O)cc1-c1cc(Cl)ccc1OCC(=O)OC(C)(C)C. The van der Waals surface area contributed by atoms with Crippen molar-refractivity contribution in [3.63, 3.8) is 0 Å². The van der Waals surface area contributed by atoms with Gasteiger partial charge in [-0.15, -0.1) is 0 Å². The Hall–Kier alpha value is -2.05. The molecule has 0 saturated heterocycles. The summed E-state index contributed by atoms with van der Waals surface area (Å²) in [6, 6.07) is 10.00. The van der Waals surface area contributed by atoms with E-state index in [0.717, 1.165) is 11.8 Å². The van der Waals surface area contributed by atoms with Gasteiger partial charge in [0.25, 0.3) is 0 Å². The van der Waals surface area contributed by atoms with Crippen LogP contribution in [0.3, 0.4) is 0 Å². The van der Waals surface area contributed by atoms with Gasteiger partial charge in [0.2, 0.25) is 0 Å². The average Bonchev–Trinajstić information content (AvgIpc) is 2.57. The minimum Gasteiger partial charge on any atom is -0.481 e. The highest BCUT2D eigenvalue weighted by Gasteiger charge is 2.19. The minimum absolute atomic E-state index is 0.206. The molecule has 2 rings (SSSR count). The molecule has 7 heteroatoms. The first-order chi connectivity index (χ1) is 12.9. The summed E-state index contributed by atoms with van der Waals surface area (Å²) in [5.74, 6) is -0.0652. The first kappa shape index (κ1) is 22.2. The fraction of sp³-hybridized carbons (Fsp3) is 0.381. The van der Waals surface area contributed by atoms with Crippen molar-refractivity contribution in [3.8, 4) is 16.9 Å². The van der Waals surface area contributed by atoms with Crippen molar-refractivity contribution in [2.75, 3.05) is 12.9 Å². The third-order valence-electron chi connectivity index (χ3n) is 3.89. The van der Waals surface area contributed by atoms with Crippen LogP contribution in [0.5, 0.6) is 5.75 Å². The Morgan fingerprint density at radius 2 is 1.75 bits per heavy atom. The second kappa shape index (κ2) is 8.53. The van der Waals surface area contributed by atoms with E-state index in [4.69, 9.17) is 21.1 Å². The zero-order chi connectivity index (χ0) is 21.1. The second-order valence-corrected chi connectivity index (χ2v) is 9.91. The van der Waals surface area contributed by atoms with Gasteiger partial charge in [-0.3, -0.25) is 0 Å². The molecular formula is C21H25ClO5S. The van der Waals surface area contributed by atoms with Crippen LogP contribution in [-0.2, 0) is 25.8 Å². The van der Waals surface area contributed by atoms with Crippen molar-refractivity contribution in [1.29, 1.82) is 0 Å². The lowest BCUT2D eigenvalue weighted by molar-refractivity contribution is -0.157. The summed E-state index contributed by atoms with van der Waals surface area (Å²) in [7, 11) is -3.38. The predicted octanol–water partition coefficient (Wildman–Crippen LogP) is 4.69. The van der Waals surface area contributed by atoms with E-state index < -0.39 is 21.4 Å². The van der Waals surface area contributed by atoms with Crippen LogP contribution in [0.25, 0.3) is 11.1 Å². The molecule has 0 saturated carbocycles. The molecule has 0 aromatic heterocycles. The smallest absolute Gasteiger partial charge is 0.344 e. The molecule has 2 aromatic carbocycles. The van der Waals surface area contributed by atoms with Crippen molar-refractivity contribution in [2.45, 2.75) is 44.6 Å². The number of carbonyl (C=O) groups excluding carboxylic acids is 1. The number of hydrogen-bond donors (Lipinski definition) is 0. The Kier molecular flexibility index (Phi) is 6.78. The molecule has 0 heterocycles. The topological polar surface area (TPSA) is 69.7 Å². The van der Waals surface area contributed by atoms with E-state index >= 15 is 0 Å². The van der Waals surface area contributed by atoms with Crippen molar-refractivity contribution in [3.05, 3.63) is 47.0 Å². The Balaban J connectivity index is 2.46. The molecule has 5 nitrogen and oxygen atoms in total. The van der Waals surface area contributed by atoms with Crippen LogP contribution in [-0.4, -0.2) is 32.9 Å². The van der Waals surface area contributed by atoms with Gasteiger partial charge in [0.05, 0.1) is 4.90 Å². The number of sulfone groups is 1. The Morgan fingerprint density at radius 3 is 2.32 bits per heavy atom. The molecule has 0 bridgehead atoms. The van der Waals surface area contributed by atoms with Crippen LogP contribution in [0.1, 0.15) is 33.3 Å². The summed E-state index contributed by atoms with van der Waals surface area (Å²) >= 11 is 6.18. The first-order valence-corrected chi connectivity index (χ1v) is 11.1. The molecule has 0 fully saturated rings. The molecule has 0 aliphatic rings. The molecule has 0 atom stereocenters. The Morgan fingerprint density at radius 1 is 1.07 bits per heavy atom. The highest BCUT2D eigenvalue weighted by molar-refractivity contribution is 7.90. The molecule has 0 aliphatic carbocycles. The van der Waals surface area contributed by atoms with Crippen molar-refractivity contribution >= 4 is 27.4 Å². The monoisotopic (exact) mass is 424 g/mol. The minimum atomic E-state index is -3.38. The molecule has 0 amide bonds. The summed E-state index contributed by atoms with van der Waals surface area (Å²) in [4.78, 5) is 12.2. The normalized spacial score (nSPS) is 11.9. The molecule has 0 N–H and O–H groups in total. The van der Waals surface area contributed by atoms with Gasteiger partial charge in [0.1, 0.15) is 11.4 Å². The molecule has 0 unspecified atom stereocenters. The summed E-state index contributed by atoms with van der Waals surface area (Å²) in [6.45, 7) is 7.05. The Labute approximate surface area is 171 Å². The van der Waals surface area contributed by atoms with E-state index in [-0.39, 0.29) is 11.5 Å². The summed E-state index contributed by atoms with van der Waals surface area (Å²) in [6.07, 6.45) is 1.85. The van der Waals surface area contributed by atoms with Gasteiger partial charge in [-0.25, -0.2) is 13.2 Å². The van der Waals surface area contributed by atoms with Crippen LogP contribution in [0.4, 0.5) is 0 Å². The zero-order valence-corrected chi connectivity index (χ0v) is 18.3. The van der Waals surface area contributed by atoms with Crippen molar-refractivity contribution < 1.29 is 22.7 Å². The van der Waals surface area contributed by atoms with Gasteiger partial charge in [0.15, 0.2) is 16.4 Å². The van der Waals surface area contributed by atoms with Gasteiger partial charge >= 0.3 is 5.97 Å². The fourth-order valence-corrected chi connectivity index (χ4v) is 3.51. The maximum atomic E-state index is 12.0. The maximum absolute atomic E-state index is 12.0. The lowest BCUT2D eigenvalue weighted by atomic mass is 9.97. The molecule has 0 radical (unpaired) electrons. The molecule has 152 valence electrons. The summed E-state index contributed by atoms with van der Waals surface area (Å²) < 4.78 is 35.0. The maximum Gasteiger partial charge on any atom is 0.344 e. The van der Waals surface area contributed by atoms with Crippen LogP contribution in [0.2, 0.25) is 5.02 Å². The molecule has 0 spiro atoms. The van der Waals surface area contributed by atoms with E-state index in [2.05, 4.69) is 0 Å². The van der Waals surface area contributed by atoms with Gasteiger partial charge in [-0.2, -0.15) is 0 Å². The predicted molar refractivity (Wildman–Crippen MR) is 111 cm³/mol. The molecular weight excluding hydrogens is 400 g/mol. The van der Waals surface area contributed by atoms with Crippen molar-refractivity contribution in [1.82, 2.24) is 0 Å². The fourth-order valence-electron chi connectivity index (χ4n) is 2.69. The largest absolute Gasteiger partial charge is 0.481 e. The zero-order valence-electron chi connectivity index (χ0n) is 16.7.